The summed E-state index contributed by atoms with van der Waals surface area (Å²) in [5.74, 6) is 1.85. The third-order valence-corrected chi connectivity index (χ3v) is 5.64. The van der Waals surface area contributed by atoms with Gasteiger partial charge in [0.2, 0.25) is 0 Å². The lowest BCUT2D eigenvalue weighted by Gasteiger charge is -2.37. The summed E-state index contributed by atoms with van der Waals surface area (Å²) in [6, 6.07) is 2.32. The number of nitrogens with one attached hydrogen (secondary N) is 1. The van der Waals surface area contributed by atoms with Crippen molar-refractivity contribution in [1.29, 1.82) is 0 Å². The second-order valence-electron chi connectivity index (χ2n) is 7.43. The van der Waals surface area contributed by atoms with Crippen LogP contribution < -0.4 is 5.32 Å². The molecule has 0 spiro atoms. The molecule has 1 saturated heterocycles. The summed E-state index contributed by atoms with van der Waals surface area (Å²) in [5.41, 5.74) is 0. The van der Waals surface area contributed by atoms with Crippen molar-refractivity contribution in [3.63, 3.8) is 0 Å². The van der Waals surface area contributed by atoms with E-state index in [1.807, 2.05) is 0 Å². The molecule has 0 radical (unpaired) electrons. The van der Waals surface area contributed by atoms with Crippen LogP contribution >= 0.6 is 0 Å². The average Bonchev–Trinajstić information content (AvgIpc) is 2.59. The number of nitrogens with zero attached hydrogens (tertiary/aromatic N) is 1. The van der Waals surface area contributed by atoms with Crippen molar-refractivity contribution in [3.05, 3.63) is 0 Å². The van der Waals surface area contributed by atoms with Crippen molar-refractivity contribution in [3.8, 4) is 0 Å². The summed E-state index contributed by atoms with van der Waals surface area (Å²) in [5, 5.41) is 3.98. The van der Waals surface area contributed by atoms with Gasteiger partial charge in [0.05, 0.1) is 0 Å². The molecule has 2 fully saturated rings. The predicted molar refractivity (Wildman–Crippen MR) is 83.5 cm³/mol. The van der Waals surface area contributed by atoms with Gasteiger partial charge in [0, 0.05) is 18.1 Å². The minimum atomic E-state index is 0.750. The summed E-state index contributed by atoms with van der Waals surface area (Å²) in [6.07, 6.45) is 9.82. The van der Waals surface area contributed by atoms with Crippen LogP contribution in [0.15, 0.2) is 0 Å². The maximum absolute atomic E-state index is 3.98. The number of likely N-dealkylation sites (tertiary alicyclic amines) is 1. The van der Waals surface area contributed by atoms with Gasteiger partial charge in [-0.1, -0.05) is 26.7 Å². The Hall–Kier alpha value is -0.0800. The lowest BCUT2D eigenvalue weighted by molar-refractivity contribution is 0.160. The normalized spacial score (nSPS) is 38.4. The van der Waals surface area contributed by atoms with Gasteiger partial charge >= 0.3 is 0 Å². The highest BCUT2D eigenvalue weighted by atomic mass is 15.1. The van der Waals surface area contributed by atoms with E-state index in [-0.39, 0.29) is 0 Å². The topological polar surface area (TPSA) is 15.3 Å². The predicted octanol–water partition coefficient (Wildman–Crippen LogP) is 3.66. The molecule has 0 bridgehead atoms. The highest BCUT2D eigenvalue weighted by Gasteiger charge is 2.26. The largest absolute Gasteiger partial charge is 0.311 e. The van der Waals surface area contributed by atoms with Gasteiger partial charge in [-0.05, 0) is 64.5 Å². The number of piperidine rings is 1. The van der Waals surface area contributed by atoms with Crippen LogP contribution in [0, 0.1) is 11.8 Å². The first kappa shape index (κ1) is 15.3. The van der Waals surface area contributed by atoms with Gasteiger partial charge in [-0.25, -0.2) is 0 Å². The fourth-order valence-electron chi connectivity index (χ4n) is 3.94. The molecular weight excluding hydrogens is 232 g/mol. The summed E-state index contributed by atoms with van der Waals surface area (Å²) in [7, 11) is 2.26. The van der Waals surface area contributed by atoms with Crippen LogP contribution in [0.3, 0.4) is 0 Å². The molecule has 0 amide bonds. The Balaban J connectivity index is 1.77. The third kappa shape index (κ3) is 4.46. The van der Waals surface area contributed by atoms with Crippen molar-refractivity contribution in [2.45, 2.75) is 83.8 Å². The molecule has 0 aromatic rings. The molecule has 2 nitrogen and oxygen atoms in total. The van der Waals surface area contributed by atoms with E-state index in [1.165, 1.54) is 51.5 Å². The Labute approximate surface area is 120 Å². The quantitative estimate of drug-likeness (QED) is 0.784. The van der Waals surface area contributed by atoms with E-state index >= 15 is 0 Å². The van der Waals surface area contributed by atoms with Crippen LogP contribution in [-0.2, 0) is 0 Å². The standard InChI is InChI=1S/C17H34N2/c1-13(2)15-6-5-7-16(9-8-15)18-17-10-11-19(4)14(3)12-17/h13-18H,5-12H2,1-4H3. The van der Waals surface area contributed by atoms with E-state index < -0.39 is 0 Å². The van der Waals surface area contributed by atoms with E-state index in [1.54, 1.807) is 0 Å². The smallest absolute Gasteiger partial charge is 0.00966 e. The van der Waals surface area contributed by atoms with E-state index in [2.05, 4.69) is 38.0 Å². The Kier molecular flexibility index (Phi) is 5.70. The zero-order valence-electron chi connectivity index (χ0n) is 13.5. The zero-order valence-corrected chi connectivity index (χ0v) is 13.5. The highest BCUT2D eigenvalue weighted by molar-refractivity contribution is 4.85. The Morgan fingerprint density at radius 2 is 1.79 bits per heavy atom. The van der Waals surface area contributed by atoms with Crippen LogP contribution in [0.1, 0.15) is 65.7 Å². The van der Waals surface area contributed by atoms with Gasteiger partial charge in [-0.15, -0.1) is 0 Å². The van der Waals surface area contributed by atoms with Gasteiger partial charge < -0.3 is 10.2 Å². The first-order valence-corrected chi connectivity index (χ1v) is 8.52. The molecule has 1 N–H and O–H groups in total. The fourth-order valence-corrected chi connectivity index (χ4v) is 3.94. The van der Waals surface area contributed by atoms with E-state index in [0.717, 1.165) is 30.0 Å². The van der Waals surface area contributed by atoms with E-state index in [4.69, 9.17) is 0 Å². The molecule has 0 aromatic heterocycles. The van der Waals surface area contributed by atoms with Crippen molar-refractivity contribution in [2.24, 2.45) is 11.8 Å². The molecule has 2 rings (SSSR count). The highest BCUT2D eigenvalue weighted by Crippen LogP contribution is 2.29. The van der Waals surface area contributed by atoms with Crippen molar-refractivity contribution in [1.82, 2.24) is 10.2 Å². The van der Waals surface area contributed by atoms with Gasteiger partial charge in [-0.2, -0.15) is 0 Å². The van der Waals surface area contributed by atoms with Crippen molar-refractivity contribution in [2.75, 3.05) is 13.6 Å². The van der Waals surface area contributed by atoms with Gasteiger partial charge in [-0.3, -0.25) is 0 Å². The molecular formula is C17H34N2. The molecule has 1 heterocycles. The molecule has 19 heavy (non-hydrogen) atoms. The molecule has 2 aliphatic rings. The van der Waals surface area contributed by atoms with Gasteiger partial charge in [0.25, 0.3) is 0 Å². The Morgan fingerprint density at radius 3 is 2.47 bits per heavy atom. The van der Waals surface area contributed by atoms with Crippen molar-refractivity contribution < 1.29 is 0 Å². The van der Waals surface area contributed by atoms with Crippen molar-refractivity contribution >= 4 is 0 Å². The Morgan fingerprint density at radius 1 is 1.00 bits per heavy atom. The molecule has 1 aliphatic carbocycles. The molecule has 0 aromatic carbocycles. The van der Waals surface area contributed by atoms with E-state index in [0.29, 0.717) is 0 Å². The molecule has 1 saturated carbocycles. The second kappa shape index (κ2) is 7.08. The van der Waals surface area contributed by atoms with Crippen LogP contribution in [0.25, 0.3) is 0 Å². The minimum Gasteiger partial charge on any atom is -0.311 e. The van der Waals surface area contributed by atoms with E-state index in [9.17, 15) is 0 Å². The summed E-state index contributed by atoms with van der Waals surface area (Å²) >= 11 is 0. The number of rotatable bonds is 3. The van der Waals surface area contributed by atoms with Gasteiger partial charge in [0.15, 0.2) is 0 Å². The average molecular weight is 266 g/mol. The lowest BCUT2D eigenvalue weighted by atomic mass is 9.89. The summed E-state index contributed by atoms with van der Waals surface area (Å²) in [4.78, 5) is 2.50. The SMILES string of the molecule is CC(C)C1CCCC(NC2CCN(C)C(C)C2)CC1. The molecule has 112 valence electrons. The lowest BCUT2D eigenvalue weighted by Crippen LogP contribution is -2.48. The summed E-state index contributed by atoms with van der Waals surface area (Å²) in [6.45, 7) is 8.43. The van der Waals surface area contributed by atoms with Crippen LogP contribution in [0.2, 0.25) is 0 Å². The second-order valence-corrected chi connectivity index (χ2v) is 7.43. The molecule has 2 heteroatoms. The molecule has 4 unspecified atom stereocenters. The Bertz CT molecular complexity index is 264. The monoisotopic (exact) mass is 266 g/mol. The number of hydrogen-bond acceptors (Lipinski definition) is 2. The van der Waals surface area contributed by atoms with Crippen LogP contribution in [0.4, 0.5) is 0 Å². The zero-order chi connectivity index (χ0) is 13.8. The third-order valence-electron chi connectivity index (χ3n) is 5.64. The maximum atomic E-state index is 3.98. The maximum Gasteiger partial charge on any atom is 0.00966 e. The molecule has 1 aliphatic heterocycles. The minimum absolute atomic E-state index is 0.750. The van der Waals surface area contributed by atoms with Crippen LogP contribution in [0.5, 0.6) is 0 Å². The fraction of sp³-hybridized carbons (Fsp3) is 1.00. The van der Waals surface area contributed by atoms with Gasteiger partial charge in [0.1, 0.15) is 0 Å². The number of hydrogen-bond donors (Lipinski definition) is 1. The summed E-state index contributed by atoms with van der Waals surface area (Å²) < 4.78 is 0. The first-order chi connectivity index (χ1) is 9.06. The molecule has 4 atom stereocenters. The van der Waals surface area contributed by atoms with Crippen LogP contribution in [-0.4, -0.2) is 36.6 Å². The first-order valence-electron chi connectivity index (χ1n) is 8.52.